The van der Waals surface area contributed by atoms with E-state index < -0.39 is 0 Å². The third-order valence-electron chi connectivity index (χ3n) is 3.12. The van der Waals surface area contributed by atoms with E-state index in [4.69, 9.17) is 0 Å². The third-order valence-corrected chi connectivity index (χ3v) is 3.12. The van der Waals surface area contributed by atoms with Crippen molar-refractivity contribution in [3.8, 4) is 0 Å². The minimum atomic E-state index is 0.229. The van der Waals surface area contributed by atoms with Gasteiger partial charge in [0, 0.05) is 33.1 Å². The van der Waals surface area contributed by atoms with Crippen molar-refractivity contribution in [2.24, 2.45) is 0 Å². The maximum atomic E-state index is 11.4. The van der Waals surface area contributed by atoms with E-state index in [9.17, 15) is 4.79 Å². The fourth-order valence-corrected chi connectivity index (χ4v) is 2.10. The predicted octanol–water partition coefficient (Wildman–Crippen LogP) is 0.539. The Balaban J connectivity index is 2.05. The highest BCUT2D eigenvalue weighted by Gasteiger charge is 2.15. The maximum absolute atomic E-state index is 11.4. The highest BCUT2D eigenvalue weighted by Crippen LogP contribution is 2.06. The van der Waals surface area contributed by atoms with Crippen LogP contribution in [0.15, 0.2) is 0 Å². The molecule has 1 fully saturated rings. The Morgan fingerprint density at radius 3 is 2.69 bits per heavy atom. The summed E-state index contributed by atoms with van der Waals surface area (Å²) >= 11 is 0. The molecule has 1 heterocycles. The summed E-state index contributed by atoms with van der Waals surface area (Å²) in [5.41, 5.74) is 0. The first-order valence-electron chi connectivity index (χ1n) is 6.21. The Labute approximate surface area is 99.0 Å². The largest absolute Gasteiger partial charge is 0.349 e. The van der Waals surface area contributed by atoms with Crippen LogP contribution in [0.3, 0.4) is 0 Å². The number of carbonyl (C=O) groups excluding carboxylic acids is 1. The van der Waals surface area contributed by atoms with Crippen LogP contribution in [-0.4, -0.2) is 62.5 Å². The van der Waals surface area contributed by atoms with Gasteiger partial charge in [0.25, 0.3) is 0 Å². The molecule has 1 unspecified atom stereocenters. The SMILES string of the molecule is CN(CCCC(=O)N(C)C)CC1CCCN1. The van der Waals surface area contributed by atoms with Crippen molar-refractivity contribution in [2.45, 2.75) is 31.7 Å². The van der Waals surface area contributed by atoms with Gasteiger partial charge in [-0.15, -0.1) is 0 Å². The average Bonchev–Trinajstić information content (AvgIpc) is 2.70. The zero-order valence-corrected chi connectivity index (χ0v) is 10.8. The fourth-order valence-electron chi connectivity index (χ4n) is 2.10. The van der Waals surface area contributed by atoms with E-state index in [1.165, 1.54) is 12.8 Å². The van der Waals surface area contributed by atoms with Gasteiger partial charge in [-0.1, -0.05) is 0 Å². The van der Waals surface area contributed by atoms with E-state index in [0.29, 0.717) is 12.5 Å². The molecule has 1 rings (SSSR count). The summed E-state index contributed by atoms with van der Waals surface area (Å²) in [6.07, 6.45) is 4.22. The number of hydrogen-bond acceptors (Lipinski definition) is 3. The first-order valence-corrected chi connectivity index (χ1v) is 6.21. The highest BCUT2D eigenvalue weighted by atomic mass is 16.2. The lowest BCUT2D eigenvalue weighted by Crippen LogP contribution is -2.36. The van der Waals surface area contributed by atoms with Crippen molar-refractivity contribution in [1.82, 2.24) is 15.1 Å². The van der Waals surface area contributed by atoms with Crippen LogP contribution in [-0.2, 0) is 4.79 Å². The lowest BCUT2D eigenvalue weighted by atomic mass is 10.2. The van der Waals surface area contributed by atoms with Crippen molar-refractivity contribution in [2.75, 3.05) is 40.8 Å². The summed E-state index contributed by atoms with van der Waals surface area (Å²) in [4.78, 5) is 15.4. The normalized spacial score (nSPS) is 20.4. The number of rotatable bonds is 6. The Morgan fingerprint density at radius 2 is 2.12 bits per heavy atom. The smallest absolute Gasteiger partial charge is 0.222 e. The molecule has 0 aromatic rings. The van der Waals surface area contributed by atoms with E-state index in [0.717, 1.165) is 26.1 Å². The standard InChI is InChI=1S/C12H25N3O/c1-14(2)12(16)7-5-9-15(3)10-11-6-4-8-13-11/h11,13H,4-10H2,1-3H3. The summed E-state index contributed by atoms with van der Waals surface area (Å²) in [6, 6.07) is 0.662. The molecule has 16 heavy (non-hydrogen) atoms. The molecule has 1 N–H and O–H groups in total. The molecular weight excluding hydrogens is 202 g/mol. The summed E-state index contributed by atoms with van der Waals surface area (Å²) < 4.78 is 0. The molecule has 1 atom stereocenters. The Bertz CT molecular complexity index is 212. The van der Waals surface area contributed by atoms with E-state index in [2.05, 4.69) is 17.3 Å². The third kappa shape index (κ3) is 4.94. The molecule has 0 aromatic carbocycles. The van der Waals surface area contributed by atoms with Crippen molar-refractivity contribution in [3.63, 3.8) is 0 Å². The Kier molecular flexibility index (Phi) is 5.77. The van der Waals surface area contributed by atoms with Crippen LogP contribution in [0.2, 0.25) is 0 Å². The van der Waals surface area contributed by atoms with E-state index in [1.807, 2.05) is 14.1 Å². The highest BCUT2D eigenvalue weighted by molar-refractivity contribution is 5.75. The van der Waals surface area contributed by atoms with Gasteiger partial charge in [-0.2, -0.15) is 0 Å². The fraction of sp³-hybridized carbons (Fsp3) is 0.917. The molecule has 0 bridgehead atoms. The van der Waals surface area contributed by atoms with Gasteiger partial charge in [0.1, 0.15) is 0 Å². The zero-order valence-electron chi connectivity index (χ0n) is 10.8. The minimum absolute atomic E-state index is 0.229. The van der Waals surface area contributed by atoms with Gasteiger partial charge in [0.05, 0.1) is 0 Å². The predicted molar refractivity (Wildman–Crippen MR) is 66.4 cm³/mol. The van der Waals surface area contributed by atoms with Gasteiger partial charge in [-0.25, -0.2) is 0 Å². The summed E-state index contributed by atoms with van der Waals surface area (Å²) in [5, 5.41) is 3.49. The molecule has 0 radical (unpaired) electrons. The van der Waals surface area contributed by atoms with Crippen LogP contribution in [0, 0.1) is 0 Å². The summed E-state index contributed by atoms with van der Waals surface area (Å²) in [5.74, 6) is 0.229. The van der Waals surface area contributed by atoms with Gasteiger partial charge >= 0.3 is 0 Å². The van der Waals surface area contributed by atoms with Crippen LogP contribution in [0.25, 0.3) is 0 Å². The molecule has 1 aliphatic rings. The number of hydrogen-bond donors (Lipinski definition) is 1. The quantitative estimate of drug-likeness (QED) is 0.719. The number of nitrogens with one attached hydrogen (secondary N) is 1. The molecule has 1 aliphatic heterocycles. The van der Waals surface area contributed by atoms with Crippen LogP contribution in [0.4, 0.5) is 0 Å². The van der Waals surface area contributed by atoms with E-state index in [-0.39, 0.29) is 5.91 Å². The Hall–Kier alpha value is -0.610. The zero-order chi connectivity index (χ0) is 12.0. The second kappa shape index (κ2) is 6.86. The summed E-state index contributed by atoms with van der Waals surface area (Å²) in [6.45, 7) is 3.28. The van der Waals surface area contributed by atoms with Crippen molar-refractivity contribution >= 4 is 5.91 Å². The van der Waals surface area contributed by atoms with Crippen molar-refractivity contribution in [1.29, 1.82) is 0 Å². The second-order valence-electron chi connectivity index (χ2n) is 4.95. The molecule has 4 nitrogen and oxygen atoms in total. The first kappa shape index (κ1) is 13.5. The number of carbonyl (C=O) groups is 1. The molecule has 0 spiro atoms. The minimum Gasteiger partial charge on any atom is -0.349 e. The van der Waals surface area contributed by atoms with Crippen LogP contribution < -0.4 is 5.32 Å². The van der Waals surface area contributed by atoms with Gasteiger partial charge in [0.15, 0.2) is 0 Å². The first-order chi connectivity index (χ1) is 7.59. The number of likely N-dealkylation sites (N-methyl/N-ethyl adjacent to an activating group) is 1. The van der Waals surface area contributed by atoms with Crippen molar-refractivity contribution < 1.29 is 4.79 Å². The van der Waals surface area contributed by atoms with Crippen LogP contribution in [0.1, 0.15) is 25.7 Å². The topological polar surface area (TPSA) is 35.6 Å². The lowest BCUT2D eigenvalue weighted by molar-refractivity contribution is -0.128. The van der Waals surface area contributed by atoms with Crippen LogP contribution in [0.5, 0.6) is 0 Å². The molecule has 0 aliphatic carbocycles. The molecule has 94 valence electrons. The molecule has 4 heteroatoms. The Morgan fingerprint density at radius 1 is 1.38 bits per heavy atom. The van der Waals surface area contributed by atoms with Crippen LogP contribution >= 0.6 is 0 Å². The van der Waals surface area contributed by atoms with Gasteiger partial charge in [-0.05, 0) is 39.4 Å². The summed E-state index contributed by atoms with van der Waals surface area (Å²) in [7, 11) is 5.77. The molecule has 0 saturated carbocycles. The molecule has 1 amide bonds. The maximum Gasteiger partial charge on any atom is 0.222 e. The molecular formula is C12H25N3O. The van der Waals surface area contributed by atoms with E-state index >= 15 is 0 Å². The number of nitrogens with zero attached hydrogens (tertiary/aromatic N) is 2. The molecule has 1 saturated heterocycles. The van der Waals surface area contributed by atoms with Gasteiger partial charge in [-0.3, -0.25) is 4.79 Å². The van der Waals surface area contributed by atoms with Crippen molar-refractivity contribution in [3.05, 3.63) is 0 Å². The molecule has 0 aromatic heterocycles. The monoisotopic (exact) mass is 227 g/mol. The lowest BCUT2D eigenvalue weighted by Gasteiger charge is -2.21. The van der Waals surface area contributed by atoms with Gasteiger partial charge < -0.3 is 15.1 Å². The van der Waals surface area contributed by atoms with Gasteiger partial charge in [0.2, 0.25) is 5.91 Å². The van der Waals surface area contributed by atoms with E-state index in [1.54, 1.807) is 4.90 Å². The average molecular weight is 227 g/mol. The number of amides is 1. The second-order valence-corrected chi connectivity index (χ2v) is 4.95.